The number of fused-ring (bicyclic) bond motifs is 1. The molecule has 0 radical (unpaired) electrons. The summed E-state index contributed by atoms with van der Waals surface area (Å²) in [6.07, 6.45) is 3.53. The van der Waals surface area contributed by atoms with Crippen LogP contribution in [0.2, 0.25) is 0 Å². The second-order valence-electron chi connectivity index (χ2n) is 3.82. The van der Waals surface area contributed by atoms with Gasteiger partial charge in [-0.05, 0) is 12.1 Å². The molecule has 2 aromatic heterocycles. The largest absolute Gasteiger partial charge is 0.481 e. The summed E-state index contributed by atoms with van der Waals surface area (Å²) in [7, 11) is 1.17. The van der Waals surface area contributed by atoms with Crippen molar-refractivity contribution in [2.24, 2.45) is 5.92 Å². The standard InChI is InChI=1S/C12H12N2O4/c1-18-12(17)9(11(15)16)6-8-7-14-5-3-2-4-10(14)13-8/h2-5,7,9H,6H2,1H3,(H,15,16). The number of hydrogen-bond acceptors (Lipinski definition) is 4. The maximum atomic E-state index is 11.3. The summed E-state index contributed by atoms with van der Waals surface area (Å²) in [5.41, 5.74) is 1.25. The molecule has 0 fully saturated rings. The second-order valence-corrected chi connectivity index (χ2v) is 3.82. The maximum absolute atomic E-state index is 11.3. The Balaban J connectivity index is 2.26. The minimum absolute atomic E-state index is 0.0175. The topological polar surface area (TPSA) is 80.9 Å². The van der Waals surface area contributed by atoms with Crippen LogP contribution in [0.15, 0.2) is 30.6 Å². The molecule has 0 aromatic carbocycles. The van der Waals surface area contributed by atoms with E-state index in [1.165, 1.54) is 7.11 Å². The van der Waals surface area contributed by atoms with E-state index in [1.54, 1.807) is 22.9 Å². The average Bonchev–Trinajstić information content (AvgIpc) is 2.77. The Kier molecular flexibility index (Phi) is 3.27. The van der Waals surface area contributed by atoms with Crippen molar-refractivity contribution in [1.29, 1.82) is 0 Å². The lowest BCUT2D eigenvalue weighted by molar-refractivity contribution is -0.156. The highest BCUT2D eigenvalue weighted by molar-refractivity contribution is 5.94. The van der Waals surface area contributed by atoms with Gasteiger partial charge in [-0.2, -0.15) is 0 Å². The third kappa shape index (κ3) is 2.32. The number of carboxylic acids is 1. The first kappa shape index (κ1) is 12.1. The highest BCUT2D eigenvalue weighted by atomic mass is 16.5. The first-order valence-corrected chi connectivity index (χ1v) is 5.35. The summed E-state index contributed by atoms with van der Waals surface area (Å²) in [5.74, 6) is -3.20. The van der Waals surface area contributed by atoms with E-state index < -0.39 is 17.9 Å². The van der Waals surface area contributed by atoms with Gasteiger partial charge in [0.2, 0.25) is 0 Å². The average molecular weight is 248 g/mol. The van der Waals surface area contributed by atoms with Crippen molar-refractivity contribution >= 4 is 17.6 Å². The third-order valence-corrected chi connectivity index (χ3v) is 2.61. The SMILES string of the molecule is COC(=O)C(Cc1cn2ccccc2n1)C(=O)O. The molecule has 0 aliphatic rings. The molecule has 6 heteroatoms. The lowest BCUT2D eigenvalue weighted by Crippen LogP contribution is -2.27. The third-order valence-electron chi connectivity index (χ3n) is 2.61. The monoisotopic (exact) mass is 248 g/mol. The number of rotatable bonds is 4. The Morgan fingerprint density at radius 3 is 2.89 bits per heavy atom. The summed E-state index contributed by atoms with van der Waals surface area (Å²) in [4.78, 5) is 26.6. The predicted molar refractivity (Wildman–Crippen MR) is 62.0 cm³/mol. The molecule has 1 atom stereocenters. The van der Waals surface area contributed by atoms with Crippen LogP contribution in [0.5, 0.6) is 0 Å². The van der Waals surface area contributed by atoms with Crippen molar-refractivity contribution in [3.63, 3.8) is 0 Å². The molecule has 0 saturated carbocycles. The first-order valence-electron chi connectivity index (χ1n) is 5.35. The molecule has 6 nitrogen and oxygen atoms in total. The number of esters is 1. The molecule has 1 unspecified atom stereocenters. The normalized spacial score (nSPS) is 12.3. The molecule has 1 N–H and O–H groups in total. The van der Waals surface area contributed by atoms with E-state index in [0.717, 1.165) is 0 Å². The van der Waals surface area contributed by atoms with Gasteiger partial charge in [0.1, 0.15) is 5.65 Å². The van der Waals surface area contributed by atoms with Gasteiger partial charge in [-0.15, -0.1) is 0 Å². The van der Waals surface area contributed by atoms with Gasteiger partial charge in [-0.25, -0.2) is 4.98 Å². The van der Waals surface area contributed by atoms with Gasteiger partial charge in [0.05, 0.1) is 12.8 Å². The fraction of sp³-hybridized carbons (Fsp3) is 0.250. The molecule has 94 valence electrons. The number of pyridine rings is 1. The number of ether oxygens (including phenoxy) is 1. The molecule has 2 rings (SSSR count). The summed E-state index contributed by atoms with van der Waals surface area (Å²) >= 11 is 0. The van der Waals surface area contributed by atoms with Gasteiger partial charge >= 0.3 is 11.9 Å². The van der Waals surface area contributed by atoms with Crippen LogP contribution >= 0.6 is 0 Å². The molecule has 0 aliphatic carbocycles. The van der Waals surface area contributed by atoms with Crippen molar-refractivity contribution in [3.05, 3.63) is 36.3 Å². The van der Waals surface area contributed by atoms with Crippen LogP contribution in [0.4, 0.5) is 0 Å². The molecule has 0 aliphatic heterocycles. The summed E-state index contributed by atoms with van der Waals surface area (Å²) in [6, 6.07) is 5.48. The Labute approximate surface area is 103 Å². The fourth-order valence-electron chi connectivity index (χ4n) is 1.71. The maximum Gasteiger partial charge on any atom is 0.320 e. The first-order chi connectivity index (χ1) is 8.61. The van der Waals surface area contributed by atoms with Crippen LogP contribution in [0.3, 0.4) is 0 Å². The number of hydrogen-bond donors (Lipinski definition) is 1. The van der Waals surface area contributed by atoms with Gasteiger partial charge in [0.25, 0.3) is 0 Å². The molecule has 2 heterocycles. The molecule has 0 amide bonds. The van der Waals surface area contributed by atoms with E-state index in [4.69, 9.17) is 5.11 Å². The zero-order valence-corrected chi connectivity index (χ0v) is 9.74. The molecule has 0 spiro atoms. The second kappa shape index (κ2) is 4.87. The van der Waals surface area contributed by atoms with E-state index in [0.29, 0.717) is 11.3 Å². The summed E-state index contributed by atoms with van der Waals surface area (Å²) in [5, 5.41) is 8.98. The van der Waals surface area contributed by atoms with Crippen LogP contribution < -0.4 is 0 Å². The lowest BCUT2D eigenvalue weighted by atomic mass is 10.0. The molecule has 0 saturated heterocycles. The van der Waals surface area contributed by atoms with Crippen LogP contribution in [0, 0.1) is 5.92 Å². The smallest absolute Gasteiger partial charge is 0.320 e. The highest BCUT2D eigenvalue weighted by Crippen LogP contribution is 2.12. The van der Waals surface area contributed by atoms with E-state index in [1.807, 2.05) is 12.1 Å². The van der Waals surface area contributed by atoms with Gasteiger partial charge in [-0.3, -0.25) is 9.59 Å². The van der Waals surface area contributed by atoms with Gasteiger partial charge in [0, 0.05) is 18.8 Å². The molecule has 2 aromatic rings. The summed E-state index contributed by atoms with van der Waals surface area (Å²) < 4.78 is 6.23. The van der Waals surface area contributed by atoms with E-state index in [2.05, 4.69) is 9.72 Å². The predicted octanol–water partition coefficient (Wildman–Crippen LogP) is 0.751. The molecular formula is C12H12N2O4. The Morgan fingerprint density at radius 2 is 2.28 bits per heavy atom. The van der Waals surface area contributed by atoms with E-state index >= 15 is 0 Å². The Hall–Kier alpha value is -2.37. The number of methoxy groups -OCH3 is 1. The highest BCUT2D eigenvalue weighted by Gasteiger charge is 2.28. The van der Waals surface area contributed by atoms with E-state index in [-0.39, 0.29) is 6.42 Å². The van der Waals surface area contributed by atoms with Crippen molar-refractivity contribution in [3.8, 4) is 0 Å². The fourth-order valence-corrected chi connectivity index (χ4v) is 1.71. The number of carbonyl (C=O) groups is 2. The van der Waals surface area contributed by atoms with Gasteiger partial charge < -0.3 is 14.2 Å². The molecule has 18 heavy (non-hydrogen) atoms. The zero-order chi connectivity index (χ0) is 13.1. The summed E-state index contributed by atoms with van der Waals surface area (Å²) in [6.45, 7) is 0. The molecule has 0 bridgehead atoms. The van der Waals surface area contributed by atoms with Gasteiger partial charge in [0.15, 0.2) is 5.92 Å². The minimum Gasteiger partial charge on any atom is -0.481 e. The van der Waals surface area contributed by atoms with Crippen molar-refractivity contribution in [1.82, 2.24) is 9.38 Å². The quantitative estimate of drug-likeness (QED) is 0.638. The van der Waals surface area contributed by atoms with Crippen LogP contribution in [0.25, 0.3) is 5.65 Å². The van der Waals surface area contributed by atoms with Gasteiger partial charge in [-0.1, -0.05) is 6.07 Å². The number of aromatic nitrogens is 2. The van der Waals surface area contributed by atoms with E-state index in [9.17, 15) is 9.59 Å². The zero-order valence-electron chi connectivity index (χ0n) is 9.74. The number of aliphatic carboxylic acids is 1. The van der Waals surface area contributed by atoms with Crippen molar-refractivity contribution in [2.45, 2.75) is 6.42 Å². The van der Waals surface area contributed by atoms with Crippen molar-refractivity contribution < 1.29 is 19.4 Å². The number of carbonyl (C=O) groups excluding carboxylic acids is 1. The van der Waals surface area contributed by atoms with Crippen LogP contribution in [0.1, 0.15) is 5.69 Å². The molecular weight excluding hydrogens is 236 g/mol. The Bertz CT molecular complexity index is 558. The number of imidazole rings is 1. The Morgan fingerprint density at radius 1 is 1.50 bits per heavy atom. The lowest BCUT2D eigenvalue weighted by Gasteiger charge is -2.07. The van der Waals surface area contributed by atoms with Crippen LogP contribution in [-0.4, -0.2) is 33.5 Å². The number of carboxylic acid groups (broad SMARTS) is 1. The van der Waals surface area contributed by atoms with Crippen molar-refractivity contribution in [2.75, 3.05) is 7.11 Å². The minimum atomic E-state index is -1.22. The van der Waals surface area contributed by atoms with Crippen LogP contribution in [-0.2, 0) is 20.7 Å². The number of nitrogens with zero attached hydrogens (tertiary/aromatic N) is 2.